The summed E-state index contributed by atoms with van der Waals surface area (Å²) in [7, 11) is 0. The summed E-state index contributed by atoms with van der Waals surface area (Å²) in [5.74, 6) is -0.844. The van der Waals surface area contributed by atoms with Crippen LogP contribution in [0.25, 0.3) is 0 Å². The van der Waals surface area contributed by atoms with Crippen LogP contribution < -0.4 is 5.32 Å². The third-order valence-electron chi connectivity index (χ3n) is 4.24. The van der Waals surface area contributed by atoms with Gasteiger partial charge < -0.3 is 10.2 Å². The molecule has 1 N–H and O–H groups in total. The van der Waals surface area contributed by atoms with E-state index in [9.17, 15) is 14.0 Å². The molecule has 0 unspecified atom stereocenters. The highest BCUT2D eigenvalue weighted by molar-refractivity contribution is 5.98. The lowest BCUT2D eigenvalue weighted by molar-refractivity contribution is 0.0681. The highest BCUT2D eigenvalue weighted by Crippen LogP contribution is 2.18. The molecule has 2 aromatic rings. The van der Waals surface area contributed by atoms with Crippen LogP contribution in [0.2, 0.25) is 0 Å². The van der Waals surface area contributed by atoms with Gasteiger partial charge in [0.05, 0.1) is 6.54 Å². The minimum atomic E-state index is -0.328. The Kier molecular flexibility index (Phi) is 5.11. The highest BCUT2D eigenvalue weighted by atomic mass is 19.1. The standard InChI is InChI=1S/C18H21FN4O2/c1-2-3-8-20-17(24)15-11-16-18(25)22(9-10-23(16)21-15)12-13-6-4-5-7-14(13)19/h4-7,11H,2-3,8-10,12H2,1H3,(H,20,24). The van der Waals surface area contributed by atoms with Crippen LogP contribution in [-0.4, -0.2) is 39.6 Å². The Morgan fingerprint density at radius 2 is 2.12 bits per heavy atom. The van der Waals surface area contributed by atoms with Crippen molar-refractivity contribution in [3.63, 3.8) is 0 Å². The largest absolute Gasteiger partial charge is 0.351 e. The van der Waals surface area contributed by atoms with Gasteiger partial charge in [-0.15, -0.1) is 0 Å². The molecule has 0 bridgehead atoms. The molecule has 0 saturated carbocycles. The molecule has 0 saturated heterocycles. The summed E-state index contributed by atoms with van der Waals surface area (Å²) in [5, 5.41) is 7.02. The molecule has 1 aromatic heterocycles. The number of fused-ring (bicyclic) bond motifs is 1. The van der Waals surface area contributed by atoms with Gasteiger partial charge in [0.1, 0.15) is 11.5 Å². The zero-order valence-electron chi connectivity index (χ0n) is 14.2. The number of carbonyl (C=O) groups is 2. The van der Waals surface area contributed by atoms with Gasteiger partial charge in [-0.25, -0.2) is 4.39 Å². The van der Waals surface area contributed by atoms with Crippen molar-refractivity contribution in [1.82, 2.24) is 20.0 Å². The zero-order valence-corrected chi connectivity index (χ0v) is 14.2. The number of aromatic nitrogens is 2. The number of unbranched alkanes of at least 4 members (excludes halogenated alkanes) is 1. The monoisotopic (exact) mass is 344 g/mol. The van der Waals surface area contributed by atoms with Crippen molar-refractivity contribution < 1.29 is 14.0 Å². The molecule has 132 valence electrons. The zero-order chi connectivity index (χ0) is 17.8. The lowest BCUT2D eigenvalue weighted by Gasteiger charge is -2.27. The first-order valence-electron chi connectivity index (χ1n) is 8.49. The van der Waals surface area contributed by atoms with Crippen molar-refractivity contribution in [1.29, 1.82) is 0 Å². The van der Waals surface area contributed by atoms with Gasteiger partial charge >= 0.3 is 0 Å². The van der Waals surface area contributed by atoms with E-state index in [0.29, 0.717) is 30.9 Å². The molecule has 25 heavy (non-hydrogen) atoms. The lowest BCUT2D eigenvalue weighted by atomic mass is 10.1. The molecule has 7 heteroatoms. The van der Waals surface area contributed by atoms with Crippen LogP contribution in [0, 0.1) is 5.82 Å². The van der Waals surface area contributed by atoms with Gasteiger partial charge in [-0.1, -0.05) is 31.5 Å². The van der Waals surface area contributed by atoms with E-state index in [1.807, 2.05) is 6.92 Å². The van der Waals surface area contributed by atoms with Crippen molar-refractivity contribution >= 4 is 11.8 Å². The van der Waals surface area contributed by atoms with Crippen molar-refractivity contribution in [3.05, 3.63) is 53.1 Å². The minimum Gasteiger partial charge on any atom is -0.351 e. The Morgan fingerprint density at radius 1 is 1.32 bits per heavy atom. The number of carbonyl (C=O) groups excluding carboxylic acids is 2. The number of halogens is 1. The van der Waals surface area contributed by atoms with Gasteiger partial charge in [-0.05, 0) is 12.5 Å². The molecule has 2 heterocycles. The SMILES string of the molecule is CCCCNC(=O)c1cc2n(n1)CCN(Cc1ccccc1F)C2=O. The Balaban J connectivity index is 1.72. The average molecular weight is 344 g/mol. The van der Waals surface area contributed by atoms with Crippen molar-refractivity contribution in [2.24, 2.45) is 0 Å². The van der Waals surface area contributed by atoms with E-state index < -0.39 is 0 Å². The smallest absolute Gasteiger partial charge is 0.272 e. The normalized spacial score (nSPS) is 13.7. The van der Waals surface area contributed by atoms with Crippen molar-refractivity contribution in [2.75, 3.05) is 13.1 Å². The summed E-state index contributed by atoms with van der Waals surface area (Å²) in [6.07, 6.45) is 1.89. The van der Waals surface area contributed by atoms with Gasteiger partial charge in [-0.2, -0.15) is 5.10 Å². The molecule has 0 radical (unpaired) electrons. The van der Waals surface area contributed by atoms with E-state index in [1.54, 1.807) is 27.8 Å². The minimum absolute atomic E-state index is 0.203. The second-order valence-electron chi connectivity index (χ2n) is 6.07. The van der Waals surface area contributed by atoms with E-state index in [0.717, 1.165) is 12.8 Å². The Bertz CT molecular complexity index is 787. The molecule has 2 amide bonds. The first-order valence-corrected chi connectivity index (χ1v) is 8.49. The average Bonchev–Trinajstić information content (AvgIpc) is 3.04. The van der Waals surface area contributed by atoms with Gasteiger partial charge in [0.15, 0.2) is 5.69 Å². The topological polar surface area (TPSA) is 67.2 Å². The van der Waals surface area contributed by atoms with Crippen LogP contribution in [0.5, 0.6) is 0 Å². The van der Waals surface area contributed by atoms with E-state index >= 15 is 0 Å². The number of hydrogen-bond donors (Lipinski definition) is 1. The number of nitrogens with zero attached hydrogens (tertiary/aromatic N) is 3. The van der Waals surface area contributed by atoms with Crippen LogP contribution in [0.15, 0.2) is 30.3 Å². The van der Waals surface area contributed by atoms with Crippen LogP contribution in [0.3, 0.4) is 0 Å². The summed E-state index contributed by atoms with van der Waals surface area (Å²) >= 11 is 0. The Hall–Kier alpha value is -2.70. The number of amides is 2. The molecule has 3 rings (SSSR count). The van der Waals surface area contributed by atoms with Gasteiger partial charge in [-0.3, -0.25) is 14.3 Å². The predicted octanol–water partition coefficient (Wildman–Crippen LogP) is 2.21. The quantitative estimate of drug-likeness (QED) is 0.817. The van der Waals surface area contributed by atoms with Crippen molar-refractivity contribution in [3.8, 4) is 0 Å². The molecular formula is C18H21FN4O2. The molecular weight excluding hydrogens is 323 g/mol. The second kappa shape index (κ2) is 7.46. The number of benzene rings is 1. The summed E-state index contributed by atoms with van der Waals surface area (Å²) in [4.78, 5) is 26.3. The molecule has 6 nitrogen and oxygen atoms in total. The van der Waals surface area contributed by atoms with E-state index in [2.05, 4.69) is 10.4 Å². The first kappa shape index (κ1) is 17.1. The molecule has 1 aliphatic heterocycles. The highest BCUT2D eigenvalue weighted by Gasteiger charge is 2.28. The second-order valence-corrected chi connectivity index (χ2v) is 6.07. The van der Waals surface area contributed by atoms with Crippen molar-refractivity contribution in [2.45, 2.75) is 32.9 Å². The van der Waals surface area contributed by atoms with Crippen LogP contribution >= 0.6 is 0 Å². The predicted molar refractivity (Wildman–Crippen MR) is 90.6 cm³/mol. The fourth-order valence-corrected chi connectivity index (χ4v) is 2.80. The van der Waals surface area contributed by atoms with E-state index in [4.69, 9.17) is 0 Å². The maximum Gasteiger partial charge on any atom is 0.272 e. The number of rotatable bonds is 6. The summed E-state index contributed by atoms with van der Waals surface area (Å²) in [6.45, 7) is 3.75. The summed E-state index contributed by atoms with van der Waals surface area (Å²) < 4.78 is 15.4. The van der Waals surface area contributed by atoms with Crippen LogP contribution in [0.4, 0.5) is 4.39 Å². The molecule has 0 aliphatic carbocycles. The summed E-state index contributed by atoms with van der Waals surface area (Å²) in [5.41, 5.74) is 1.08. The third-order valence-corrected chi connectivity index (χ3v) is 4.24. The summed E-state index contributed by atoms with van der Waals surface area (Å²) in [6, 6.07) is 7.93. The third kappa shape index (κ3) is 3.70. The molecule has 1 aromatic carbocycles. The van der Waals surface area contributed by atoms with Gasteiger partial charge in [0.2, 0.25) is 0 Å². The molecule has 0 fully saturated rings. The maximum absolute atomic E-state index is 13.8. The number of hydrogen-bond acceptors (Lipinski definition) is 3. The van der Waals surface area contributed by atoms with E-state index in [-0.39, 0.29) is 29.9 Å². The molecule has 0 spiro atoms. The van der Waals surface area contributed by atoms with Gasteiger partial charge in [0, 0.05) is 31.3 Å². The number of nitrogens with one attached hydrogen (secondary N) is 1. The molecule has 1 aliphatic rings. The van der Waals surface area contributed by atoms with Gasteiger partial charge in [0.25, 0.3) is 11.8 Å². The maximum atomic E-state index is 13.8. The Morgan fingerprint density at radius 3 is 2.88 bits per heavy atom. The fourth-order valence-electron chi connectivity index (χ4n) is 2.80. The van der Waals surface area contributed by atoms with Crippen LogP contribution in [-0.2, 0) is 13.1 Å². The van der Waals surface area contributed by atoms with Crippen LogP contribution in [0.1, 0.15) is 46.3 Å². The fraction of sp³-hybridized carbons (Fsp3) is 0.389. The lowest BCUT2D eigenvalue weighted by Crippen LogP contribution is -2.40. The molecule has 0 atom stereocenters. The first-order chi connectivity index (χ1) is 12.1. The Labute approximate surface area is 145 Å². The van der Waals surface area contributed by atoms with E-state index in [1.165, 1.54) is 12.1 Å².